The number of nitrogens with zero attached hydrogens (tertiary/aromatic N) is 1. The summed E-state index contributed by atoms with van der Waals surface area (Å²) in [6, 6.07) is 7.09. The topological polar surface area (TPSA) is 58.6 Å². The fourth-order valence-corrected chi connectivity index (χ4v) is 1.87. The van der Waals surface area contributed by atoms with Crippen molar-refractivity contribution in [3.05, 3.63) is 24.3 Å². The molecule has 0 radical (unpaired) electrons. The van der Waals surface area contributed by atoms with Crippen molar-refractivity contribution in [1.29, 1.82) is 0 Å². The fraction of sp³-hybridized carbons (Fsp3) is 0.467. The Bertz CT molecular complexity index is 492. The third-order valence-corrected chi connectivity index (χ3v) is 2.85. The molecule has 0 spiro atoms. The predicted octanol–water partition coefficient (Wildman–Crippen LogP) is 2.28. The average Bonchev–Trinajstić information content (AvgIpc) is 2.34. The van der Waals surface area contributed by atoms with Crippen LogP contribution in [0, 0.1) is 0 Å². The molecular formula is C15H22N2O3. The normalized spacial score (nSPS) is 10.8. The highest BCUT2D eigenvalue weighted by molar-refractivity contribution is 5.94. The molecular weight excluding hydrogens is 256 g/mol. The first-order valence-corrected chi connectivity index (χ1v) is 6.46. The lowest BCUT2D eigenvalue weighted by Crippen LogP contribution is -2.48. The molecule has 0 aliphatic heterocycles. The molecule has 110 valence electrons. The summed E-state index contributed by atoms with van der Waals surface area (Å²) in [5.41, 5.74) is 0.254. The lowest BCUT2D eigenvalue weighted by molar-refractivity contribution is -0.137. The summed E-state index contributed by atoms with van der Waals surface area (Å²) < 4.78 is 5.09. The van der Waals surface area contributed by atoms with Crippen molar-refractivity contribution in [2.24, 2.45) is 0 Å². The second kappa shape index (κ2) is 6.41. The minimum atomic E-state index is -0.391. The molecule has 2 amide bonds. The van der Waals surface area contributed by atoms with Crippen LogP contribution in [0.1, 0.15) is 27.7 Å². The highest BCUT2D eigenvalue weighted by Gasteiger charge is 2.25. The maximum Gasteiger partial charge on any atom is 0.244 e. The number of carbonyl (C=O) groups is 2. The number of methoxy groups -OCH3 is 1. The molecule has 0 unspecified atom stereocenters. The van der Waals surface area contributed by atoms with Crippen molar-refractivity contribution >= 4 is 17.5 Å². The van der Waals surface area contributed by atoms with Crippen molar-refractivity contribution < 1.29 is 14.3 Å². The van der Waals surface area contributed by atoms with Crippen molar-refractivity contribution in [2.75, 3.05) is 19.0 Å². The van der Waals surface area contributed by atoms with Gasteiger partial charge in [0.2, 0.25) is 11.8 Å². The van der Waals surface area contributed by atoms with Gasteiger partial charge >= 0.3 is 0 Å². The van der Waals surface area contributed by atoms with Crippen LogP contribution in [0.2, 0.25) is 0 Å². The molecule has 0 fully saturated rings. The van der Waals surface area contributed by atoms with E-state index in [-0.39, 0.29) is 18.4 Å². The molecule has 0 saturated heterocycles. The lowest BCUT2D eigenvalue weighted by Gasteiger charge is -2.34. The maximum atomic E-state index is 12.0. The summed E-state index contributed by atoms with van der Waals surface area (Å²) in [7, 11) is 1.57. The molecule has 5 heteroatoms. The monoisotopic (exact) mass is 278 g/mol. The number of benzene rings is 1. The summed E-state index contributed by atoms with van der Waals surface area (Å²) in [5.74, 6) is 0.309. The zero-order valence-electron chi connectivity index (χ0n) is 12.7. The Kier molecular flexibility index (Phi) is 5.13. The third kappa shape index (κ3) is 4.57. The Morgan fingerprint density at radius 1 is 1.30 bits per heavy atom. The van der Waals surface area contributed by atoms with E-state index in [0.717, 1.165) is 0 Å². The Morgan fingerprint density at radius 3 is 2.45 bits per heavy atom. The first kappa shape index (κ1) is 16.0. The summed E-state index contributed by atoms with van der Waals surface area (Å²) in [6.07, 6.45) is 0. The lowest BCUT2D eigenvalue weighted by atomic mass is 10.1. The van der Waals surface area contributed by atoms with Gasteiger partial charge in [0.25, 0.3) is 0 Å². The van der Waals surface area contributed by atoms with Gasteiger partial charge in [0.1, 0.15) is 12.3 Å². The second-order valence-corrected chi connectivity index (χ2v) is 5.56. The summed E-state index contributed by atoms with van der Waals surface area (Å²) in [6.45, 7) is 7.17. The molecule has 20 heavy (non-hydrogen) atoms. The van der Waals surface area contributed by atoms with Crippen molar-refractivity contribution in [3.63, 3.8) is 0 Å². The van der Waals surface area contributed by atoms with Gasteiger partial charge in [0.05, 0.1) is 7.11 Å². The van der Waals surface area contributed by atoms with E-state index >= 15 is 0 Å². The Balaban J connectivity index is 2.73. The highest BCUT2D eigenvalue weighted by Crippen LogP contribution is 2.17. The molecule has 1 rings (SSSR count). The number of hydrogen-bond acceptors (Lipinski definition) is 3. The minimum absolute atomic E-state index is 0.0239. The van der Waals surface area contributed by atoms with Crippen molar-refractivity contribution in [3.8, 4) is 5.75 Å². The number of ether oxygens (including phenoxy) is 1. The molecule has 1 aromatic rings. The average molecular weight is 278 g/mol. The third-order valence-electron chi connectivity index (χ3n) is 2.85. The van der Waals surface area contributed by atoms with E-state index in [9.17, 15) is 9.59 Å². The van der Waals surface area contributed by atoms with Crippen LogP contribution >= 0.6 is 0 Å². The van der Waals surface area contributed by atoms with Crippen LogP contribution in [0.5, 0.6) is 5.75 Å². The van der Waals surface area contributed by atoms with Gasteiger partial charge in [-0.25, -0.2) is 0 Å². The van der Waals surface area contributed by atoms with Crippen LogP contribution in [0.15, 0.2) is 24.3 Å². The second-order valence-electron chi connectivity index (χ2n) is 5.56. The fourth-order valence-electron chi connectivity index (χ4n) is 1.87. The van der Waals surface area contributed by atoms with Gasteiger partial charge in [-0.2, -0.15) is 0 Å². The van der Waals surface area contributed by atoms with E-state index < -0.39 is 5.54 Å². The zero-order chi connectivity index (χ0) is 15.3. The molecule has 0 saturated carbocycles. The Morgan fingerprint density at radius 2 is 1.95 bits per heavy atom. The minimum Gasteiger partial charge on any atom is -0.497 e. The van der Waals surface area contributed by atoms with Crippen LogP contribution in [0.3, 0.4) is 0 Å². The van der Waals surface area contributed by atoms with E-state index in [1.807, 2.05) is 20.8 Å². The molecule has 1 aromatic carbocycles. The number of anilines is 1. The van der Waals surface area contributed by atoms with E-state index in [1.165, 1.54) is 11.8 Å². The molecule has 0 aliphatic rings. The van der Waals surface area contributed by atoms with Gasteiger partial charge in [-0.3, -0.25) is 9.59 Å². The van der Waals surface area contributed by atoms with Crippen LogP contribution in [0.4, 0.5) is 5.69 Å². The van der Waals surface area contributed by atoms with Crippen molar-refractivity contribution in [1.82, 2.24) is 4.90 Å². The van der Waals surface area contributed by atoms with Gasteiger partial charge < -0.3 is 15.0 Å². The van der Waals surface area contributed by atoms with Gasteiger partial charge in [0.15, 0.2) is 0 Å². The largest absolute Gasteiger partial charge is 0.497 e. The number of amides is 2. The SMILES string of the molecule is COc1cccc(NC(=O)CN(C(C)=O)C(C)(C)C)c1. The quantitative estimate of drug-likeness (QED) is 0.919. The predicted molar refractivity (Wildman–Crippen MR) is 78.8 cm³/mol. The molecule has 0 aliphatic carbocycles. The van der Waals surface area contributed by atoms with Gasteiger partial charge in [-0.05, 0) is 32.9 Å². The maximum absolute atomic E-state index is 12.0. The van der Waals surface area contributed by atoms with Crippen LogP contribution in [0.25, 0.3) is 0 Å². The molecule has 1 N–H and O–H groups in total. The summed E-state index contributed by atoms with van der Waals surface area (Å²) in [4.78, 5) is 25.2. The number of hydrogen-bond donors (Lipinski definition) is 1. The van der Waals surface area contributed by atoms with Gasteiger partial charge in [0, 0.05) is 24.2 Å². The van der Waals surface area contributed by atoms with Crippen LogP contribution in [-0.2, 0) is 9.59 Å². The number of carbonyl (C=O) groups excluding carboxylic acids is 2. The molecule has 0 aromatic heterocycles. The Labute approximate surface area is 119 Å². The first-order chi connectivity index (χ1) is 9.24. The Hall–Kier alpha value is -2.04. The van der Waals surface area contributed by atoms with Gasteiger partial charge in [-0.15, -0.1) is 0 Å². The van der Waals surface area contributed by atoms with Gasteiger partial charge in [-0.1, -0.05) is 6.07 Å². The summed E-state index contributed by atoms with van der Waals surface area (Å²) >= 11 is 0. The molecule has 0 atom stereocenters. The number of nitrogens with one attached hydrogen (secondary N) is 1. The summed E-state index contributed by atoms with van der Waals surface area (Å²) in [5, 5.41) is 2.76. The van der Waals surface area contributed by atoms with E-state index in [4.69, 9.17) is 4.74 Å². The van der Waals surface area contributed by atoms with Crippen LogP contribution < -0.4 is 10.1 Å². The van der Waals surface area contributed by atoms with E-state index in [2.05, 4.69) is 5.32 Å². The number of rotatable bonds is 4. The molecule has 0 heterocycles. The van der Waals surface area contributed by atoms with E-state index in [1.54, 1.807) is 31.4 Å². The van der Waals surface area contributed by atoms with E-state index in [0.29, 0.717) is 11.4 Å². The highest BCUT2D eigenvalue weighted by atomic mass is 16.5. The smallest absolute Gasteiger partial charge is 0.244 e. The standard InChI is InChI=1S/C15H22N2O3/c1-11(18)17(15(2,3)4)10-14(19)16-12-7-6-8-13(9-12)20-5/h6-9H,10H2,1-5H3,(H,16,19). The first-order valence-electron chi connectivity index (χ1n) is 6.46. The van der Waals surface area contributed by atoms with Crippen LogP contribution in [-0.4, -0.2) is 35.9 Å². The molecule has 0 bridgehead atoms. The molecule has 5 nitrogen and oxygen atoms in total. The zero-order valence-corrected chi connectivity index (χ0v) is 12.7. The van der Waals surface area contributed by atoms with Crippen molar-refractivity contribution in [2.45, 2.75) is 33.2 Å².